The van der Waals surface area contributed by atoms with Crippen LogP contribution in [0.3, 0.4) is 0 Å². The van der Waals surface area contributed by atoms with Gasteiger partial charge in [-0.3, -0.25) is 0 Å². The van der Waals surface area contributed by atoms with Crippen molar-refractivity contribution in [1.82, 2.24) is 4.72 Å². The maximum atomic E-state index is 12.8. The first kappa shape index (κ1) is 21.1. The van der Waals surface area contributed by atoms with Crippen molar-refractivity contribution in [3.8, 4) is 17.2 Å². The van der Waals surface area contributed by atoms with E-state index >= 15 is 0 Å². The van der Waals surface area contributed by atoms with Gasteiger partial charge in [0.05, 0.1) is 25.2 Å². The highest BCUT2D eigenvalue weighted by Crippen LogP contribution is 2.29. The van der Waals surface area contributed by atoms with E-state index in [1.165, 1.54) is 0 Å². The van der Waals surface area contributed by atoms with Gasteiger partial charge in [0.15, 0.2) is 11.5 Å². The molecule has 6 nitrogen and oxygen atoms in total. The van der Waals surface area contributed by atoms with Gasteiger partial charge in [-0.25, -0.2) is 13.1 Å². The van der Waals surface area contributed by atoms with E-state index in [9.17, 15) is 8.42 Å². The van der Waals surface area contributed by atoms with Crippen LogP contribution in [0.4, 0.5) is 0 Å². The zero-order valence-corrected chi connectivity index (χ0v) is 17.3. The van der Waals surface area contributed by atoms with Gasteiger partial charge in [-0.05, 0) is 68.7 Å². The van der Waals surface area contributed by atoms with E-state index in [1.54, 1.807) is 45.2 Å². The predicted molar refractivity (Wildman–Crippen MR) is 105 cm³/mol. The van der Waals surface area contributed by atoms with E-state index in [-0.39, 0.29) is 11.4 Å². The molecule has 2 aromatic carbocycles. The first-order chi connectivity index (χ1) is 12.8. The van der Waals surface area contributed by atoms with Crippen molar-refractivity contribution in [2.75, 3.05) is 20.3 Å². The van der Waals surface area contributed by atoms with Crippen LogP contribution in [0.5, 0.6) is 17.2 Å². The van der Waals surface area contributed by atoms with E-state index in [2.05, 4.69) is 4.72 Å². The molecule has 2 aromatic rings. The summed E-state index contributed by atoms with van der Waals surface area (Å²) < 4.78 is 44.6. The lowest BCUT2D eigenvalue weighted by molar-refractivity contribution is 0.287. The number of benzene rings is 2. The van der Waals surface area contributed by atoms with E-state index in [4.69, 9.17) is 14.2 Å². The first-order valence-electron chi connectivity index (χ1n) is 8.85. The molecule has 0 aliphatic heterocycles. The molecule has 0 unspecified atom stereocenters. The minimum Gasteiger partial charge on any atom is -0.497 e. The summed E-state index contributed by atoms with van der Waals surface area (Å²) in [6.45, 7) is 8.49. The Hall–Kier alpha value is -2.25. The lowest BCUT2D eigenvalue weighted by Crippen LogP contribution is -2.25. The maximum absolute atomic E-state index is 12.8. The molecule has 27 heavy (non-hydrogen) atoms. The van der Waals surface area contributed by atoms with Crippen molar-refractivity contribution >= 4 is 10.0 Å². The summed E-state index contributed by atoms with van der Waals surface area (Å²) in [5.41, 5.74) is 2.07. The maximum Gasteiger partial charge on any atom is 0.241 e. The average Bonchev–Trinajstić information content (AvgIpc) is 2.61. The molecule has 0 atom stereocenters. The second-order valence-electron chi connectivity index (χ2n) is 6.06. The van der Waals surface area contributed by atoms with Crippen LogP contribution in [0, 0.1) is 13.8 Å². The van der Waals surface area contributed by atoms with Crippen LogP contribution in [-0.2, 0) is 16.6 Å². The molecular weight excluding hydrogens is 366 g/mol. The van der Waals surface area contributed by atoms with Crippen LogP contribution in [0.15, 0.2) is 35.2 Å². The van der Waals surface area contributed by atoms with Crippen molar-refractivity contribution in [2.45, 2.75) is 39.1 Å². The second kappa shape index (κ2) is 9.10. The van der Waals surface area contributed by atoms with Gasteiger partial charge in [0, 0.05) is 6.54 Å². The molecular formula is C20H27NO5S. The minimum atomic E-state index is -3.67. The summed E-state index contributed by atoms with van der Waals surface area (Å²) in [5, 5.41) is 0. The Bertz CT molecular complexity index is 870. The van der Waals surface area contributed by atoms with Gasteiger partial charge in [-0.2, -0.15) is 0 Å². The molecule has 0 bridgehead atoms. The zero-order chi connectivity index (χ0) is 20.0. The van der Waals surface area contributed by atoms with Gasteiger partial charge in [0.2, 0.25) is 10.0 Å². The Morgan fingerprint density at radius 2 is 1.52 bits per heavy atom. The van der Waals surface area contributed by atoms with Crippen molar-refractivity contribution in [2.24, 2.45) is 0 Å². The number of hydrogen-bond acceptors (Lipinski definition) is 5. The molecule has 148 valence electrons. The fourth-order valence-corrected chi connectivity index (χ4v) is 4.37. The zero-order valence-electron chi connectivity index (χ0n) is 16.5. The standard InChI is InChI=1S/C20H27NO5S/c1-6-25-18-9-8-16(12-19(18)26-7-2)13-21-27(22,23)20-14(3)10-17(24-5)11-15(20)4/h8-12,21H,6-7,13H2,1-5H3. The molecule has 0 saturated heterocycles. The van der Waals surface area contributed by atoms with E-state index in [0.717, 1.165) is 5.56 Å². The number of rotatable bonds is 9. The van der Waals surface area contributed by atoms with E-state index < -0.39 is 10.0 Å². The molecule has 1 N–H and O–H groups in total. The number of sulfonamides is 1. The Morgan fingerprint density at radius 1 is 0.926 bits per heavy atom. The number of methoxy groups -OCH3 is 1. The van der Waals surface area contributed by atoms with E-state index in [0.29, 0.717) is 41.6 Å². The van der Waals surface area contributed by atoms with Crippen LogP contribution in [0.1, 0.15) is 30.5 Å². The third-order valence-corrected chi connectivity index (χ3v) is 5.72. The molecule has 0 aliphatic carbocycles. The summed E-state index contributed by atoms with van der Waals surface area (Å²) in [6, 6.07) is 8.84. The summed E-state index contributed by atoms with van der Waals surface area (Å²) >= 11 is 0. The molecule has 0 spiro atoms. The molecule has 7 heteroatoms. The third-order valence-electron chi connectivity index (χ3n) is 4.01. The van der Waals surface area contributed by atoms with Gasteiger partial charge in [-0.1, -0.05) is 6.07 Å². The van der Waals surface area contributed by atoms with Crippen LogP contribution < -0.4 is 18.9 Å². The largest absolute Gasteiger partial charge is 0.497 e. The molecule has 0 aliphatic rings. The molecule has 2 rings (SSSR count). The van der Waals surface area contributed by atoms with Crippen molar-refractivity contribution < 1.29 is 22.6 Å². The van der Waals surface area contributed by atoms with Gasteiger partial charge >= 0.3 is 0 Å². The van der Waals surface area contributed by atoms with Gasteiger partial charge in [0.1, 0.15) is 5.75 Å². The average molecular weight is 394 g/mol. The van der Waals surface area contributed by atoms with Crippen molar-refractivity contribution in [3.05, 3.63) is 47.0 Å². The van der Waals surface area contributed by atoms with Crippen molar-refractivity contribution in [1.29, 1.82) is 0 Å². The number of aryl methyl sites for hydroxylation is 2. The molecule has 0 fully saturated rings. The minimum absolute atomic E-state index is 0.153. The van der Waals surface area contributed by atoms with Crippen molar-refractivity contribution in [3.63, 3.8) is 0 Å². The number of nitrogens with one attached hydrogen (secondary N) is 1. The summed E-state index contributed by atoms with van der Waals surface area (Å²) in [5.74, 6) is 1.89. The molecule has 0 amide bonds. The lowest BCUT2D eigenvalue weighted by atomic mass is 10.1. The van der Waals surface area contributed by atoms with Gasteiger partial charge in [-0.15, -0.1) is 0 Å². The second-order valence-corrected chi connectivity index (χ2v) is 7.77. The molecule has 0 heterocycles. The summed E-state index contributed by atoms with van der Waals surface area (Å²) in [7, 11) is -2.11. The Kier molecular flexibility index (Phi) is 7.10. The quantitative estimate of drug-likeness (QED) is 0.705. The topological polar surface area (TPSA) is 73.9 Å². The fourth-order valence-electron chi connectivity index (χ4n) is 2.91. The summed E-state index contributed by atoms with van der Waals surface area (Å²) in [4.78, 5) is 0.277. The van der Waals surface area contributed by atoms with E-state index in [1.807, 2.05) is 19.9 Å². The van der Waals surface area contributed by atoms with Gasteiger partial charge in [0.25, 0.3) is 0 Å². The highest BCUT2D eigenvalue weighted by molar-refractivity contribution is 7.89. The first-order valence-corrected chi connectivity index (χ1v) is 10.3. The lowest BCUT2D eigenvalue weighted by Gasteiger charge is -2.15. The fraction of sp³-hybridized carbons (Fsp3) is 0.400. The SMILES string of the molecule is CCOc1ccc(CNS(=O)(=O)c2c(C)cc(OC)cc2C)cc1OCC. The van der Waals surface area contributed by atoms with Crippen LogP contribution in [0.25, 0.3) is 0 Å². The predicted octanol–water partition coefficient (Wildman–Crippen LogP) is 3.59. The van der Waals surface area contributed by atoms with Crippen LogP contribution in [0.2, 0.25) is 0 Å². The van der Waals surface area contributed by atoms with Crippen LogP contribution in [-0.4, -0.2) is 28.7 Å². The highest BCUT2D eigenvalue weighted by Gasteiger charge is 2.20. The number of ether oxygens (including phenoxy) is 3. The normalized spacial score (nSPS) is 11.3. The third kappa shape index (κ3) is 5.14. The van der Waals surface area contributed by atoms with Gasteiger partial charge < -0.3 is 14.2 Å². The Morgan fingerprint density at radius 3 is 2.07 bits per heavy atom. The molecule has 0 radical (unpaired) electrons. The molecule has 0 saturated carbocycles. The number of hydrogen-bond donors (Lipinski definition) is 1. The summed E-state index contributed by atoms with van der Waals surface area (Å²) in [6.07, 6.45) is 0. The Labute approximate surface area is 161 Å². The molecule has 0 aromatic heterocycles. The smallest absolute Gasteiger partial charge is 0.241 e. The van der Waals surface area contributed by atoms with Crippen LogP contribution >= 0.6 is 0 Å². The Balaban J connectivity index is 2.24. The highest BCUT2D eigenvalue weighted by atomic mass is 32.2. The monoisotopic (exact) mass is 393 g/mol.